The summed E-state index contributed by atoms with van der Waals surface area (Å²) in [7, 11) is 1.63. The van der Waals surface area contributed by atoms with Crippen molar-refractivity contribution < 1.29 is 27.1 Å². The number of amides is 1. The Labute approximate surface area is 188 Å². The first-order valence-corrected chi connectivity index (χ1v) is 10.8. The lowest BCUT2D eigenvalue weighted by atomic mass is 9.89. The number of carbonyl (C=O) groups is 1. The summed E-state index contributed by atoms with van der Waals surface area (Å²) in [6.45, 7) is 1.63. The lowest BCUT2D eigenvalue weighted by Gasteiger charge is -2.34. The molecule has 1 saturated heterocycles. The summed E-state index contributed by atoms with van der Waals surface area (Å²) in [5.74, 6) is -1.40. The fraction of sp³-hybridized carbons (Fsp3) is 0.500. The molecule has 1 aliphatic carbocycles. The molecule has 0 bridgehead atoms. The van der Waals surface area contributed by atoms with Crippen molar-refractivity contribution in [1.29, 1.82) is 0 Å². The zero-order chi connectivity index (χ0) is 23.3. The SMILES string of the molecule is CO[C@@H]1CCCC1c1nnc(C2=C(C)NC3C(c4ccccc4)C(C(F)(F)F)NN3C2=O)o1. The summed E-state index contributed by atoms with van der Waals surface area (Å²) in [6, 6.07) is 6.43. The van der Waals surface area contributed by atoms with Crippen molar-refractivity contribution in [1.82, 2.24) is 25.9 Å². The first-order chi connectivity index (χ1) is 15.8. The average Bonchev–Trinajstić information content (AvgIpc) is 3.51. The molecule has 176 valence electrons. The summed E-state index contributed by atoms with van der Waals surface area (Å²) < 4.78 is 53.1. The maximum absolute atomic E-state index is 13.9. The molecule has 5 atom stereocenters. The average molecular weight is 463 g/mol. The third-order valence-electron chi connectivity index (χ3n) is 6.69. The summed E-state index contributed by atoms with van der Waals surface area (Å²) in [6.07, 6.45) is -2.87. The van der Waals surface area contributed by atoms with Gasteiger partial charge < -0.3 is 14.5 Å². The molecule has 2 fully saturated rings. The molecule has 2 aromatic rings. The van der Waals surface area contributed by atoms with Gasteiger partial charge in [-0.3, -0.25) is 4.79 Å². The minimum atomic E-state index is -4.57. The molecular formula is C22H24F3N5O3. The molecule has 1 amide bonds. The molecule has 11 heteroatoms. The van der Waals surface area contributed by atoms with E-state index in [1.54, 1.807) is 44.4 Å². The van der Waals surface area contributed by atoms with Crippen LogP contribution in [0.1, 0.15) is 55.4 Å². The van der Waals surface area contributed by atoms with Gasteiger partial charge in [-0.05, 0) is 31.7 Å². The van der Waals surface area contributed by atoms with E-state index in [9.17, 15) is 18.0 Å². The number of benzene rings is 1. The largest absolute Gasteiger partial charge is 0.420 e. The van der Waals surface area contributed by atoms with E-state index in [0.717, 1.165) is 24.3 Å². The second-order valence-corrected chi connectivity index (χ2v) is 8.61. The Bertz CT molecular complexity index is 1070. The Kier molecular flexibility index (Phi) is 5.40. The zero-order valence-corrected chi connectivity index (χ0v) is 18.1. The van der Waals surface area contributed by atoms with Gasteiger partial charge in [-0.1, -0.05) is 30.3 Å². The van der Waals surface area contributed by atoms with Gasteiger partial charge in [0.2, 0.25) is 5.89 Å². The van der Waals surface area contributed by atoms with Crippen molar-refractivity contribution in [3.8, 4) is 0 Å². The number of nitrogens with one attached hydrogen (secondary N) is 2. The van der Waals surface area contributed by atoms with Gasteiger partial charge in [0, 0.05) is 12.8 Å². The summed E-state index contributed by atoms with van der Waals surface area (Å²) >= 11 is 0. The Hall–Kier alpha value is -2.92. The second-order valence-electron chi connectivity index (χ2n) is 8.61. The van der Waals surface area contributed by atoms with Crippen LogP contribution >= 0.6 is 0 Å². The van der Waals surface area contributed by atoms with Gasteiger partial charge in [-0.25, -0.2) is 10.4 Å². The van der Waals surface area contributed by atoms with E-state index in [1.807, 2.05) is 0 Å². The maximum atomic E-state index is 13.9. The monoisotopic (exact) mass is 463 g/mol. The normalized spacial score (nSPS) is 30.0. The van der Waals surface area contributed by atoms with Gasteiger partial charge in [0.05, 0.1) is 17.9 Å². The van der Waals surface area contributed by atoms with Crippen LogP contribution in [0.15, 0.2) is 40.4 Å². The molecule has 1 saturated carbocycles. The number of allylic oxidation sites excluding steroid dienone is 1. The van der Waals surface area contributed by atoms with Gasteiger partial charge in [0.1, 0.15) is 17.8 Å². The van der Waals surface area contributed by atoms with Crippen molar-refractivity contribution in [2.45, 2.75) is 62.5 Å². The van der Waals surface area contributed by atoms with Crippen LogP contribution < -0.4 is 10.7 Å². The van der Waals surface area contributed by atoms with Crippen LogP contribution in [0.3, 0.4) is 0 Å². The summed E-state index contributed by atoms with van der Waals surface area (Å²) in [5, 5.41) is 12.2. The fourth-order valence-corrected chi connectivity index (χ4v) is 5.12. The van der Waals surface area contributed by atoms with Crippen molar-refractivity contribution in [3.05, 3.63) is 53.4 Å². The van der Waals surface area contributed by atoms with E-state index in [0.29, 0.717) is 17.2 Å². The lowest BCUT2D eigenvalue weighted by molar-refractivity contribution is -0.161. The van der Waals surface area contributed by atoms with E-state index in [-0.39, 0.29) is 23.5 Å². The fourth-order valence-electron chi connectivity index (χ4n) is 5.12. The molecule has 1 aromatic carbocycles. The first kappa shape index (κ1) is 21.9. The van der Waals surface area contributed by atoms with Crippen LogP contribution in [-0.2, 0) is 9.53 Å². The summed E-state index contributed by atoms with van der Waals surface area (Å²) in [4.78, 5) is 13.4. The van der Waals surface area contributed by atoms with E-state index in [2.05, 4.69) is 20.9 Å². The van der Waals surface area contributed by atoms with E-state index in [4.69, 9.17) is 9.15 Å². The minimum Gasteiger partial charge on any atom is -0.420 e. The Morgan fingerprint density at radius 2 is 1.94 bits per heavy atom. The van der Waals surface area contributed by atoms with E-state index >= 15 is 0 Å². The van der Waals surface area contributed by atoms with Crippen LogP contribution in [0, 0.1) is 0 Å². The van der Waals surface area contributed by atoms with Crippen LogP contribution in [0.2, 0.25) is 0 Å². The third-order valence-corrected chi connectivity index (χ3v) is 6.69. The van der Waals surface area contributed by atoms with E-state index in [1.165, 1.54) is 0 Å². The van der Waals surface area contributed by atoms with Gasteiger partial charge in [-0.15, -0.1) is 10.2 Å². The molecule has 4 unspecified atom stereocenters. The summed E-state index contributed by atoms with van der Waals surface area (Å²) in [5.41, 5.74) is 3.30. The highest BCUT2D eigenvalue weighted by molar-refractivity contribution is 6.19. The molecule has 0 radical (unpaired) electrons. The van der Waals surface area contributed by atoms with Crippen molar-refractivity contribution in [2.75, 3.05) is 7.11 Å². The lowest BCUT2D eigenvalue weighted by Crippen LogP contribution is -2.54. The van der Waals surface area contributed by atoms with Crippen LogP contribution in [0.25, 0.3) is 5.57 Å². The predicted octanol–water partition coefficient (Wildman–Crippen LogP) is 3.07. The molecule has 3 heterocycles. The third kappa shape index (κ3) is 3.68. The number of hydrogen-bond acceptors (Lipinski definition) is 7. The van der Waals surface area contributed by atoms with Crippen molar-refractivity contribution in [3.63, 3.8) is 0 Å². The molecular weight excluding hydrogens is 439 g/mol. The van der Waals surface area contributed by atoms with Crippen molar-refractivity contribution in [2.24, 2.45) is 0 Å². The smallest absolute Gasteiger partial charge is 0.406 e. The molecule has 0 spiro atoms. The number of hydrazine groups is 1. The molecule has 3 aliphatic rings. The highest BCUT2D eigenvalue weighted by Crippen LogP contribution is 2.43. The standard InChI is InChI=1S/C22H24F3N5O3/c1-11-15(20-28-27-19(33-20)13-9-6-10-14(13)32-2)21(31)30-18(26-11)16(12-7-4-3-5-8-12)17(29-30)22(23,24)25/h3-5,7-8,13-14,16-18,26,29H,6,9-10H2,1-2H3/t13?,14-,16?,17?,18?/m1/s1. The predicted molar refractivity (Wildman–Crippen MR) is 110 cm³/mol. The number of halogens is 3. The first-order valence-electron chi connectivity index (χ1n) is 10.8. The minimum absolute atomic E-state index is 0.0197. The van der Waals surface area contributed by atoms with Gasteiger partial charge in [-0.2, -0.15) is 13.2 Å². The Balaban J connectivity index is 1.48. The number of fused-ring (bicyclic) bond motifs is 1. The molecule has 2 N–H and O–H groups in total. The number of rotatable bonds is 4. The second kappa shape index (κ2) is 8.14. The van der Waals surface area contributed by atoms with Crippen LogP contribution in [-0.4, -0.2) is 52.7 Å². The number of ether oxygens (including phenoxy) is 1. The van der Waals surface area contributed by atoms with Crippen LogP contribution in [0.4, 0.5) is 13.2 Å². The number of nitrogens with zero attached hydrogens (tertiary/aromatic N) is 3. The molecule has 5 rings (SSSR count). The highest BCUT2D eigenvalue weighted by Gasteiger charge is 2.58. The van der Waals surface area contributed by atoms with Gasteiger partial charge in [0.15, 0.2) is 0 Å². The number of carbonyl (C=O) groups excluding carboxylic acids is 1. The Morgan fingerprint density at radius 1 is 1.18 bits per heavy atom. The topological polar surface area (TPSA) is 92.5 Å². The Morgan fingerprint density at radius 3 is 2.64 bits per heavy atom. The van der Waals surface area contributed by atoms with Crippen LogP contribution in [0.5, 0.6) is 0 Å². The number of aromatic nitrogens is 2. The van der Waals surface area contributed by atoms with Gasteiger partial charge in [0.25, 0.3) is 11.8 Å². The molecule has 33 heavy (non-hydrogen) atoms. The highest BCUT2D eigenvalue weighted by atomic mass is 19.4. The number of methoxy groups -OCH3 is 1. The van der Waals surface area contributed by atoms with Crippen molar-refractivity contribution >= 4 is 11.5 Å². The zero-order valence-electron chi connectivity index (χ0n) is 18.1. The number of alkyl halides is 3. The number of hydrogen-bond donors (Lipinski definition) is 2. The quantitative estimate of drug-likeness (QED) is 0.720. The maximum Gasteiger partial charge on any atom is 0.406 e. The molecule has 8 nitrogen and oxygen atoms in total. The van der Waals surface area contributed by atoms with E-state index < -0.39 is 30.2 Å². The molecule has 1 aromatic heterocycles. The molecule has 2 aliphatic heterocycles. The van der Waals surface area contributed by atoms with Gasteiger partial charge >= 0.3 is 6.18 Å².